The summed E-state index contributed by atoms with van der Waals surface area (Å²) in [6.07, 6.45) is 4.67. The Balaban J connectivity index is 0.000000279. The summed E-state index contributed by atoms with van der Waals surface area (Å²) in [7, 11) is 1.73. The van der Waals surface area contributed by atoms with Gasteiger partial charge in [-0.1, -0.05) is 6.92 Å². The Kier molecular flexibility index (Phi) is 7.43. The molecule has 1 aromatic heterocycles. The van der Waals surface area contributed by atoms with E-state index in [0.29, 0.717) is 12.2 Å². The number of aliphatic carboxylic acids is 2. The Bertz CT molecular complexity index is 809. The number of hydrogen-bond donors (Lipinski definition) is 4. The third-order valence-corrected chi connectivity index (χ3v) is 4.42. The summed E-state index contributed by atoms with van der Waals surface area (Å²) < 4.78 is 5.33. The Morgan fingerprint density at radius 2 is 1.96 bits per heavy atom. The fourth-order valence-corrected chi connectivity index (χ4v) is 3.24. The fourth-order valence-electron chi connectivity index (χ4n) is 3.24. The van der Waals surface area contributed by atoms with E-state index in [2.05, 4.69) is 29.4 Å². The van der Waals surface area contributed by atoms with E-state index in [9.17, 15) is 9.59 Å². The molecular weight excluding hydrogens is 348 g/mol. The molecule has 0 saturated carbocycles. The fraction of sp³-hybridized carbons (Fsp3) is 0.400. The largest absolute Gasteiger partial charge is 0.497 e. The van der Waals surface area contributed by atoms with Gasteiger partial charge in [0.15, 0.2) is 0 Å². The molecule has 0 spiro atoms. The molecule has 1 aliphatic carbocycles. The van der Waals surface area contributed by atoms with Crippen molar-refractivity contribution >= 4 is 22.8 Å². The molecule has 7 nitrogen and oxygen atoms in total. The first-order chi connectivity index (χ1) is 12.9. The summed E-state index contributed by atoms with van der Waals surface area (Å²) in [6.45, 7) is 4.46. The van der Waals surface area contributed by atoms with Crippen molar-refractivity contribution in [3.63, 3.8) is 0 Å². The topological polar surface area (TPSA) is 112 Å². The van der Waals surface area contributed by atoms with E-state index in [-0.39, 0.29) is 0 Å². The van der Waals surface area contributed by atoms with Crippen LogP contribution >= 0.6 is 0 Å². The summed E-state index contributed by atoms with van der Waals surface area (Å²) in [5.41, 5.74) is 4.16. The Morgan fingerprint density at radius 3 is 2.56 bits per heavy atom. The van der Waals surface area contributed by atoms with E-state index in [1.165, 1.54) is 41.4 Å². The molecule has 0 saturated heterocycles. The van der Waals surface area contributed by atoms with Gasteiger partial charge >= 0.3 is 11.9 Å². The number of aromatic nitrogens is 1. The summed E-state index contributed by atoms with van der Waals surface area (Å²) in [5, 5.41) is 20.5. The van der Waals surface area contributed by atoms with Crippen molar-refractivity contribution in [2.75, 3.05) is 20.2 Å². The molecular formula is C20H26N2O5. The van der Waals surface area contributed by atoms with Gasteiger partial charge in [-0.3, -0.25) is 0 Å². The number of carboxylic acids is 2. The first kappa shape index (κ1) is 20.5. The SMILES string of the molecule is CCCNCC1Cc2[nH]c3ccc(OC)cc3c2C1.O=C(O)/C=C\C(=O)O. The minimum absolute atomic E-state index is 0.558. The van der Waals surface area contributed by atoms with Crippen LogP contribution in [0.1, 0.15) is 24.6 Å². The van der Waals surface area contributed by atoms with E-state index >= 15 is 0 Å². The van der Waals surface area contributed by atoms with Crippen LogP contribution in [0.25, 0.3) is 10.9 Å². The van der Waals surface area contributed by atoms with E-state index < -0.39 is 11.9 Å². The first-order valence-corrected chi connectivity index (χ1v) is 8.96. The van der Waals surface area contributed by atoms with E-state index in [1.807, 2.05) is 6.07 Å². The summed E-state index contributed by atoms with van der Waals surface area (Å²) in [4.78, 5) is 22.7. The minimum Gasteiger partial charge on any atom is -0.497 e. The molecule has 0 bridgehead atoms. The highest BCUT2D eigenvalue weighted by atomic mass is 16.5. The molecule has 2 aromatic rings. The van der Waals surface area contributed by atoms with Gasteiger partial charge in [0, 0.05) is 28.7 Å². The lowest BCUT2D eigenvalue weighted by molar-refractivity contribution is -0.134. The Morgan fingerprint density at radius 1 is 1.26 bits per heavy atom. The molecule has 0 amide bonds. The maximum atomic E-state index is 9.55. The molecule has 0 aliphatic heterocycles. The number of ether oxygens (including phenoxy) is 1. The van der Waals surface area contributed by atoms with Gasteiger partial charge in [0.25, 0.3) is 0 Å². The number of methoxy groups -OCH3 is 1. The first-order valence-electron chi connectivity index (χ1n) is 8.96. The second-order valence-electron chi connectivity index (χ2n) is 6.48. The van der Waals surface area contributed by atoms with Crippen LogP contribution in [0.3, 0.4) is 0 Å². The maximum Gasteiger partial charge on any atom is 0.328 e. The molecule has 1 heterocycles. The van der Waals surface area contributed by atoms with Crippen molar-refractivity contribution in [2.45, 2.75) is 26.2 Å². The molecule has 146 valence electrons. The van der Waals surface area contributed by atoms with Crippen LogP contribution in [0.5, 0.6) is 5.75 Å². The maximum absolute atomic E-state index is 9.55. The number of aromatic amines is 1. The molecule has 1 unspecified atom stereocenters. The highest BCUT2D eigenvalue weighted by Gasteiger charge is 2.25. The van der Waals surface area contributed by atoms with Crippen LogP contribution in [0.15, 0.2) is 30.4 Å². The highest BCUT2D eigenvalue weighted by molar-refractivity contribution is 5.89. The van der Waals surface area contributed by atoms with Crippen LogP contribution in [0, 0.1) is 5.92 Å². The molecule has 1 aromatic carbocycles. The van der Waals surface area contributed by atoms with Crippen LogP contribution in [-0.2, 0) is 22.4 Å². The van der Waals surface area contributed by atoms with Gasteiger partial charge in [-0.25, -0.2) is 9.59 Å². The molecule has 1 atom stereocenters. The average molecular weight is 374 g/mol. The normalized spacial score (nSPS) is 15.4. The van der Waals surface area contributed by atoms with Crippen molar-refractivity contribution in [2.24, 2.45) is 5.92 Å². The van der Waals surface area contributed by atoms with Crippen LogP contribution in [0.4, 0.5) is 0 Å². The van der Waals surface area contributed by atoms with Gasteiger partial charge in [0.2, 0.25) is 0 Å². The van der Waals surface area contributed by atoms with Gasteiger partial charge in [0.1, 0.15) is 5.75 Å². The third-order valence-electron chi connectivity index (χ3n) is 4.42. The van der Waals surface area contributed by atoms with Gasteiger partial charge in [-0.2, -0.15) is 0 Å². The molecule has 1 aliphatic rings. The Labute approximate surface area is 158 Å². The smallest absolute Gasteiger partial charge is 0.328 e. The number of H-pyrrole nitrogens is 1. The predicted molar refractivity (Wildman–Crippen MR) is 103 cm³/mol. The number of fused-ring (bicyclic) bond motifs is 3. The van der Waals surface area contributed by atoms with Crippen molar-refractivity contribution in [3.05, 3.63) is 41.6 Å². The highest BCUT2D eigenvalue weighted by Crippen LogP contribution is 2.34. The average Bonchev–Trinajstić information content (AvgIpc) is 3.17. The predicted octanol–water partition coefficient (Wildman–Crippen LogP) is 2.60. The van der Waals surface area contributed by atoms with Gasteiger partial charge in [0.05, 0.1) is 7.11 Å². The zero-order valence-corrected chi connectivity index (χ0v) is 15.6. The minimum atomic E-state index is -1.26. The third kappa shape index (κ3) is 5.86. The number of carbonyl (C=O) groups is 2. The molecule has 27 heavy (non-hydrogen) atoms. The second kappa shape index (κ2) is 9.78. The zero-order valence-electron chi connectivity index (χ0n) is 15.6. The molecule has 3 rings (SSSR count). The summed E-state index contributed by atoms with van der Waals surface area (Å²) >= 11 is 0. The van der Waals surface area contributed by atoms with Crippen molar-refractivity contribution in [3.8, 4) is 5.75 Å². The second-order valence-corrected chi connectivity index (χ2v) is 6.48. The lowest BCUT2D eigenvalue weighted by Crippen LogP contribution is -2.23. The quantitative estimate of drug-likeness (QED) is 0.438. The van der Waals surface area contributed by atoms with E-state index in [4.69, 9.17) is 14.9 Å². The van der Waals surface area contributed by atoms with E-state index in [1.54, 1.807) is 7.11 Å². The molecule has 0 fully saturated rings. The summed E-state index contributed by atoms with van der Waals surface area (Å²) in [5.74, 6) is -0.829. The number of carboxylic acid groups (broad SMARTS) is 2. The molecule has 7 heteroatoms. The van der Waals surface area contributed by atoms with Gasteiger partial charge < -0.3 is 25.3 Å². The number of nitrogens with one attached hydrogen (secondary N) is 2. The van der Waals surface area contributed by atoms with Crippen molar-refractivity contribution < 1.29 is 24.5 Å². The van der Waals surface area contributed by atoms with Crippen LogP contribution < -0.4 is 10.1 Å². The number of benzene rings is 1. The number of hydrogen-bond acceptors (Lipinski definition) is 4. The van der Waals surface area contributed by atoms with E-state index in [0.717, 1.165) is 24.8 Å². The number of rotatable bonds is 7. The molecule has 4 N–H and O–H groups in total. The summed E-state index contributed by atoms with van der Waals surface area (Å²) in [6, 6.07) is 6.30. The Hall–Kier alpha value is -2.80. The molecule has 0 radical (unpaired) electrons. The lowest BCUT2D eigenvalue weighted by Gasteiger charge is -2.10. The monoisotopic (exact) mass is 374 g/mol. The van der Waals surface area contributed by atoms with Crippen LogP contribution in [-0.4, -0.2) is 47.3 Å². The van der Waals surface area contributed by atoms with Crippen molar-refractivity contribution in [1.29, 1.82) is 0 Å². The van der Waals surface area contributed by atoms with Crippen LogP contribution in [0.2, 0.25) is 0 Å². The zero-order chi connectivity index (χ0) is 19.8. The van der Waals surface area contributed by atoms with Gasteiger partial charge in [-0.15, -0.1) is 0 Å². The van der Waals surface area contributed by atoms with Gasteiger partial charge in [-0.05, 0) is 62.0 Å². The lowest BCUT2D eigenvalue weighted by atomic mass is 10.0. The standard InChI is InChI=1S/C16H22N2O.C4H4O4/c1-3-6-17-10-11-7-13-14-9-12(19-2)4-5-15(14)18-16(13)8-11;5-3(6)1-2-4(7)8/h4-5,9,11,17-18H,3,6-8,10H2,1-2H3;1-2H,(H,5,6)(H,7,8)/b;2-1-. The van der Waals surface area contributed by atoms with Crippen molar-refractivity contribution in [1.82, 2.24) is 10.3 Å².